The van der Waals surface area contributed by atoms with E-state index in [4.69, 9.17) is 9.47 Å². The number of rotatable bonds is 7. The second-order valence-electron chi connectivity index (χ2n) is 9.79. The molecule has 2 saturated carbocycles. The highest BCUT2D eigenvalue weighted by Gasteiger charge is 2.69. The molecule has 0 bridgehead atoms. The molecule has 162 valence electrons. The van der Waals surface area contributed by atoms with E-state index < -0.39 is 0 Å². The van der Waals surface area contributed by atoms with Crippen molar-refractivity contribution in [3.63, 3.8) is 0 Å². The Labute approximate surface area is 190 Å². The molecule has 5 atom stereocenters. The van der Waals surface area contributed by atoms with Crippen LogP contribution in [0.15, 0.2) is 90.5 Å². The number of fused-ring (bicyclic) bond motifs is 1. The molecule has 2 aliphatic carbocycles. The molecule has 2 heteroatoms. The number of ether oxygens (including phenoxy) is 2. The van der Waals surface area contributed by atoms with Crippen LogP contribution in [0.3, 0.4) is 0 Å². The summed E-state index contributed by atoms with van der Waals surface area (Å²) in [7, 11) is 0. The molecule has 1 saturated heterocycles. The Morgan fingerprint density at radius 3 is 2.41 bits per heavy atom. The lowest BCUT2D eigenvalue weighted by molar-refractivity contribution is -0.0530. The van der Waals surface area contributed by atoms with E-state index in [2.05, 4.69) is 97.9 Å². The smallest absolute Gasteiger partial charge is 0.0913 e. The number of hydrogen-bond acceptors (Lipinski definition) is 2. The fourth-order valence-electron chi connectivity index (χ4n) is 5.61. The van der Waals surface area contributed by atoms with Crippen molar-refractivity contribution in [1.29, 1.82) is 0 Å². The molecule has 0 amide bonds. The Bertz CT molecular complexity index is 1100. The van der Waals surface area contributed by atoms with Gasteiger partial charge in [-0.3, -0.25) is 0 Å². The van der Waals surface area contributed by atoms with Gasteiger partial charge in [-0.15, -0.1) is 0 Å². The summed E-state index contributed by atoms with van der Waals surface area (Å²) in [5.74, 6) is 1.12. The van der Waals surface area contributed by atoms with E-state index in [1.54, 1.807) is 0 Å². The summed E-state index contributed by atoms with van der Waals surface area (Å²) in [6.07, 6.45) is 4.84. The average Bonchev–Trinajstić information content (AvgIpc) is 3.72. The van der Waals surface area contributed by atoms with Crippen molar-refractivity contribution in [3.8, 4) is 0 Å². The van der Waals surface area contributed by atoms with Crippen molar-refractivity contribution < 1.29 is 9.47 Å². The van der Waals surface area contributed by atoms with Crippen molar-refractivity contribution in [2.24, 2.45) is 17.3 Å². The molecule has 3 aliphatic rings. The molecule has 0 spiro atoms. The molecule has 1 heterocycles. The van der Waals surface area contributed by atoms with Gasteiger partial charge in [-0.2, -0.15) is 0 Å². The lowest BCUT2D eigenvalue weighted by Gasteiger charge is -2.32. The average molecular weight is 423 g/mol. The van der Waals surface area contributed by atoms with Crippen LogP contribution in [-0.2, 0) is 9.47 Å². The Kier molecular flexibility index (Phi) is 5.01. The first-order chi connectivity index (χ1) is 15.7. The zero-order valence-electron chi connectivity index (χ0n) is 18.6. The summed E-state index contributed by atoms with van der Waals surface area (Å²) in [6.45, 7) is 3.77. The molecular formula is C30H30O2. The van der Waals surface area contributed by atoms with Crippen molar-refractivity contribution in [3.05, 3.63) is 113 Å². The minimum atomic E-state index is 0.0504. The SMILES string of the molecule is Cc1ccc([C@@H]2OCC3CC32[C@@H](OCC2C/C2=C\c2ccccc2)c2ccccc2)cc1. The third kappa shape index (κ3) is 3.62. The van der Waals surface area contributed by atoms with Crippen molar-refractivity contribution in [2.45, 2.75) is 32.0 Å². The molecule has 3 unspecified atom stereocenters. The highest BCUT2D eigenvalue weighted by atomic mass is 16.5. The van der Waals surface area contributed by atoms with Crippen LogP contribution < -0.4 is 0 Å². The molecule has 1 aliphatic heterocycles. The van der Waals surface area contributed by atoms with E-state index in [-0.39, 0.29) is 17.6 Å². The monoisotopic (exact) mass is 422 g/mol. The van der Waals surface area contributed by atoms with Crippen LogP contribution in [0.5, 0.6) is 0 Å². The maximum atomic E-state index is 6.80. The van der Waals surface area contributed by atoms with E-state index in [0.29, 0.717) is 11.8 Å². The highest BCUT2D eigenvalue weighted by molar-refractivity contribution is 5.57. The first-order valence-electron chi connectivity index (χ1n) is 11.8. The second kappa shape index (κ2) is 8.03. The Morgan fingerprint density at radius 2 is 1.69 bits per heavy atom. The molecule has 2 nitrogen and oxygen atoms in total. The van der Waals surface area contributed by atoms with Crippen LogP contribution in [-0.4, -0.2) is 13.2 Å². The molecular weight excluding hydrogens is 392 g/mol. The van der Waals surface area contributed by atoms with E-state index in [9.17, 15) is 0 Å². The van der Waals surface area contributed by atoms with Gasteiger partial charge in [-0.1, -0.05) is 102 Å². The molecule has 32 heavy (non-hydrogen) atoms. The van der Waals surface area contributed by atoms with Gasteiger partial charge in [0, 0.05) is 11.3 Å². The van der Waals surface area contributed by atoms with Crippen LogP contribution >= 0.6 is 0 Å². The third-order valence-electron chi connectivity index (χ3n) is 7.58. The molecule has 3 fully saturated rings. The van der Waals surface area contributed by atoms with Crippen LogP contribution in [0.2, 0.25) is 0 Å². The minimum Gasteiger partial charge on any atom is -0.373 e. The van der Waals surface area contributed by atoms with Crippen LogP contribution in [0.25, 0.3) is 6.08 Å². The quantitative estimate of drug-likeness (QED) is 0.411. The van der Waals surface area contributed by atoms with E-state index in [0.717, 1.165) is 19.6 Å². The Balaban J connectivity index is 1.24. The molecule has 0 N–H and O–H groups in total. The largest absolute Gasteiger partial charge is 0.373 e. The van der Waals surface area contributed by atoms with E-state index in [1.165, 1.54) is 34.2 Å². The number of benzene rings is 3. The fourth-order valence-corrected chi connectivity index (χ4v) is 5.61. The van der Waals surface area contributed by atoms with E-state index >= 15 is 0 Å². The predicted molar refractivity (Wildman–Crippen MR) is 128 cm³/mol. The third-order valence-corrected chi connectivity index (χ3v) is 7.58. The summed E-state index contributed by atoms with van der Waals surface area (Å²) in [4.78, 5) is 0. The highest BCUT2D eigenvalue weighted by Crippen LogP contribution is 2.72. The molecule has 0 radical (unpaired) electrons. The van der Waals surface area contributed by atoms with Gasteiger partial charge in [-0.05, 0) is 42.4 Å². The Hall–Kier alpha value is -2.68. The normalized spacial score (nSPS) is 30.2. The van der Waals surface area contributed by atoms with Gasteiger partial charge < -0.3 is 9.47 Å². The Morgan fingerprint density at radius 1 is 0.969 bits per heavy atom. The van der Waals surface area contributed by atoms with Crippen molar-refractivity contribution in [2.75, 3.05) is 13.2 Å². The first kappa shape index (κ1) is 20.0. The predicted octanol–water partition coefficient (Wildman–Crippen LogP) is 6.93. The van der Waals surface area contributed by atoms with Gasteiger partial charge in [0.05, 0.1) is 25.4 Å². The maximum absolute atomic E-state index is 6.80. The summed E-state index contributed by atoms with van der Waals surface area (Å²) in [5.41, 5.74) is 6.70. The zero-order valence-corrected chi connectivity index (χ0v) is 18.6. The van der Waals surface area contributed by atoms with Crippen LogP contribution in [0, 0.1) is 24.2 Å². The van der Waals surface area contributed by atoms with Crippen molar-refractivity contribution in [1.82, 2.24) is 0 Å². The summed E-state index contributed by atoms with van der Waals surface area (Å²) >= 11 is 0. The summed E-state index contributed by atoms with van der Waals surface area (Å²) < 4.78 is 13.2. The number of aryl methyl sites for hydroxylation is 1. The first-order valence-corrected chi connectivity index (χ1v) is 11.8. The maximum Gasteiger partial charge on any atom is 0.0913 e. The fraction of sp³-hybridized carbons (Fsp3) is 0.333. The molecule has 3 aromatic rings. The zero-order chi connectivity index (χ0) is 21.5. The summed E-state index contributed by atoms with van der Waals surface area (Å²) in [6, 6.07) is 30.3. The van der Waals surface area contributed by atoms with Gasteiger partial charge in [-0.25, -0.2) is 0 Å². The lowest BCUT2D eigenvalue weighted by Crippen LogP contribution is -2.25. The van der Waals surface area contributed by atoms with Crippen molar-refractivity contribution >= 4 is 6.08 Å². The second-order valence-corrected chi connectivity index (χ2v) is 9.79. The van der Waals surface area contributed by atoms with Crippen LogP contribution in [0.1, 0.15) is 47.3 Å². The van der Waals surface area contributed by atoms with E-state index in [1.807, 2.05) is 0 Å². The standard InChI is InChI=1S/C30H30O2/c1-21-12-14-24(15-13-21)29-30(18-27(30)20-32-29)28(23-10-6-3-7-11-23)31-19-26-17-25(26)16-22-8-4-2-5-9-22/h2-16,26-29H,17-20H2,1H3/b25-16+/t26?,27?,28-,29-,30?/m0/s1. The summed E-state index contributed by atoms with van der Waals surface area (Å²) in [5, 5.41) is 0. The van der Waals surface area contributed by atoms with Gasteiger partial charge in [0.25, 0.3) is 0 Å². The van der Waals surface area contributed by atoms with Gasteiger partial charge >= 0.3 is 0 Å². The van der Waals surface area contributed by atoms with Gasteiger partial charge in [0.1, 0.15) is 0 Å². The topological polar surface area (TPSA) is 18.5 Å². The minimum absolute atomic E-state index is 0.0504. The van der Waals surface area contributed by atoms with Gasteiger partial charge in [0.15, 0.2) is 0 Å². The number of hydrogen-bond donors (Lipinski definition) is 0. The molecule has 6 rings (SSSR count). The van der Waals surface area contributed by atoms with Gasteiger partial charge in [0.2, 0.25) is 0 Å². The lowest BCUT2D eigenvalue weighted by atomic mass is 9.83. The van der Waals surface area contributed by atoms with Crippen LogP contribution in [0.4, 0.5) is 0 Å². The molecule has 0 aromatic heterocycles. The molecule has 3 aromatic carbocycles.